The molecule has 200 valence electrons. The number of fused-ring (bicyclic) bond motifs is 1. The fourth-order valence-corrected chi connectivity index (χ4v) is 4.63. The number of aryl methyl sites for hydroxylation is 1. The van der Waals surface area contributed by atoms with E-state index in [9.17, 15) is 18.5 Å². The molecule has 0 saturated carbocycles. The molecule has 2 heterocycles. The number of thiol groups is 1. The number of hydrogen-bond acceptors (Lipinski definition) is 9. The number of hydrogen-bond donors (Lipinski definition) is 3. The highest BCUT2D eigenvalue weighted by Crippen LogP contribution is 2.31. The fourth-order valence-electron chi connectivity index (χ4n) is 4.00. The van der Waals surface area contributed by atoms with Gasteiger partial charge in [-0.3, -0.25) is 14.1 Å². The maximum absolute atomic E-state index is 15.7. The molecular formula is C26H24FN7O4S. The first kappa shape index (κ1) is 27.2. The molecule has 4 rings (SSSR count). The van der Waals surface area contributed by atoms with Gasteiger partial charge in [-0.15, -0.1) is 0 Å². The summed E-state index contributed by atoms with van der Waals surface area (Å²) in [6.07, 6.45) is 4.27. The predicted octanol–water partition coefficient (Wildman–Crippen LogP) is 3.23. The number of unbranched alkanes of at least 4 members (excludes halogenated alkanes) is 1. The first-order chi connectivity index (χ1) is 18.8. The Hall–Kier alpha value is -4.83. The Labute approximate surface area is 225 Å². The number of anilines is 3. The molecular weight excluding hydrogens is 525 g/mol. The highest BCUT2D eigenvalue weighted by atomic mass is 32.2. The molecule has 0 atom stereocenters. The zero-order valence-electron chi connectivity index (χ0n) is 20.8. The Bertz CT molecular complexity index is 1630. The van der Waals surface area contributed by atoms with Crippen LogP contribution < -0.4 is 20.1 Å². The highest BCUT2D eigenvalue weighted by Gasteiger charge is 2.23. The summed E-state index contributed by atoms with van der Waals surface area (Å²) < 4.78 is 45.9. The normalized spacial score (nSPS) is 10.8. The summed E-state index contributed by atoms with van der Waals surface area (Å²) in [4.78, 5) is 25.0. The molecule has 0 aliphatic heterocycles. The summed E-state index contributed by atoms with van der Waals surface area (Å²) in [5.74, 6) is -1.04. The molecule has 0 bridgehead atoms. The van der Waals surface area contributed by atoms with Crippen LogP contribution in [-0.2, 0) is 17.3 Å². The van der Waals surface area contributed by atoms with Gasteiger partial charge in [-0.05, 0) is 55.2 Å². The van der Waals surface area contributed by atoms with Gasteiger partial charge in [0.25, 0.3) is 5.91 Å². The van der Waals surface area contributed by atoms with Crippen LogP contribution in [0.2, 0.25) is 0 Å². The number of pyridine rings is 1. The van der Waals surface area contributed by atoms with E-state index in [0.29, 0.717) is 19.3 Å². The quantitative estimate of drug-likeness (QED) is 0.199. The molecule has 11 nitrogen and oxygen atoms in total. The van der Waals surface area contributed by atoms with Crippen molar-refractivity contribution in [1.29, 1.82) is 5.26 Å². The van der Waals surface area contributed by atoms with Crippen molar-refractivity contribution in [2.75, 3.05) is 29.0 Å². The molecule has 2 aromatic carbocycles. The van der Waals surface area contributed by atoms with E-state index in [-0.39, 0.29) is 40.2 Å². The van der Waals surface area contributed by atoms with Crippen molar-refractivity contribution >= 4 is 45.0 Å². The fraction of sp³-hybridized carbons (Fsp3) is 0.192. The standard InChI is InChI=1S/C26H24FN7O4S/c1-38-18-8-5-16(6-9-18)4-2-3-13-34(39(36)37)20-10-7-17(14-28)22(21(20)27)33-26(35)19-11-12-30-24-23(19)31-15-32-25(24)29/h5-12,15,39H,2-4,13H2,1H3,(H,33,35)(H2,29,31,32). The van der Waals surface area contributed by atoms with Gasteiger partial charge in [-0.25, -0.2) is 22.8 Å². The van der Waals surface area contributed by atoms with Crippen LogP contribution in [0.5, 0.6) is 5.75 Å². The van der Waals surface area contributed by atoms with Gasteiger partial charge in [0.2, 0.25) is 10.9 Å². The van der Waals surface area contributed by atoms with Gasteiger partial charge in [-0.2, -0.15) is 5.26 Å². The molecule has 0 spiro atoms. The Morgan fingerprint density at radius 1 is 1.10 bits per heavy atom. The molecule has 0 radical (unpaired) electrons. The minimum absolute atomic E-state index is 0.0102. The first-order valence-electron chi connectivity index (χ1n) is 11.8. The first-order valence-corrected chi connectivity index (χ1v) is 12.9. The Kier molecular flexibility index (Phi) is 8.47. The zero-order valence-corrected chi connectivity index (χ0v) is 21.7. The topological polar surface area (TPSA) is 164 Å². The maximum Gasteiger partial charge on any atom is 0.258 e. The van der Waals surface area contributed by atoms with Crippen molar-refractivity contribution in [3.8, 4) is 11.8 Å². The lowest BCUT2D eigenvalue weighted by Crippen LogP contribution is -2.25. The number of methoxy groups -OCH3 is 1. The molecule has 0 unspecified atom stereocenters. The third-order valence-electron chi connectivity index (χ3n) is 6.00. The van der Waals surface area contributed by atoms with E-state index in [2.05, 4.69) is 20.3 Å². The molecule has 4 aromatic rings. The van der Waals surface area contributed by atoms with Gasteiger partial charge in [0.15, 0.2) is 11.6 Å². The number of nitrogen functional groups attached to an aromatic ring is 1. The average molecular weight is 550 g/mol. The minimum atomic E-state index is -3.21. The number of benzene rings is 2. The van der Waals surface area contributed by atoms with Gasteiger partial charge >= 0.3 is 0 Å². The van der Waals surface area contributed by atoms with Crippen LogP contribution in [0.1, 0.15) is 34.3 Å². The lowest BCUT2D eigenvalue weighted by molar-refractivity contribution is 0.102. The van der Waals surface area contributed by atoms with Gasteiger partial charge in [0.05, 0.1) is 29.6 Å². The third kappa shape index (κ3) is 6.02. The van der Waals surface area contributed by atoms with Gasteiger partial charge < -0.3 is 15.8 Å². The lowest BCUT2D eigenvalue weighted by atomic mass is 10.1. The molecule has 0 aliphatic carbocycles. The second-order valence-electron chi connectivity index (χ2n) is 8.37. The van der Waals surface area contributed by atoms with E-state index < -0.39 is 28.3 Å². The summed E-state index contributed by atoms with van der Waals surface area (Å²) in [5.41, 5.74) is 6.29. The van der Waals surface area contributed by atoms with E-state index >= 15 is 4.39 Å². The van der Waals surface area contributed by atoms with E-state index in [4.69, 9.17) is 10.5 Å². The number of nitrogens with two attached hydrogens (primary N) is 1. The highest BCUT2D eigenvalue weighted by molar-refractivity contribution is 7.74. The summed E-state index contributed by atoms with van der Waals surface area (Å²) in [5, 5.41) is 11.9. The molecule has 39 heavy (non-hydrogen) atoms. The van der Waals surface area contributed by atoms with Crippen molar-refractivity contribution in [3.63, 3.8) is 0 Å². The summed E-state index contributed by atoms with van der Waals surface area (Å²) in [7, 11) is -1.63. The Morgan fingerprint density at radius 3 is 2.56 bits per heavy atom. The summed E-state index contributed by atoms with van der Waals surface area (Å²) in [6, 6.07) is 13.2. The third-order valence-corrected chi connectivity index (χ3v) is 6.81. The number of carbonyl (C=O) groups is 1. The van der Waals surface area contributed by atoms with Crippen LogP contribution in [-0.4, -0.2) is 42.9 Å². The number of aromatic nitrogens is 3. The molecule has 2 aromatic heterocycles. The second-order valence-corrected chi connectivity index (χ2v) is 9.33. The van der Waals surface area contributed by atoms with Crippen LogP contribution in [0.25, 0.3) is 11.0 Å². The molecule has 0 fully saturated rings. The maximum atomic E-state index is 15.7. The van der Waals surface area contributed by atoms with Gasteiger partial charge in [0.1, 0.15) is 29.2 Å². The molecule has 13 heteroatoms. The molecule has 1 amide bonds. The summed E-state index contributed by atoms with van der Waals surface area (Å²) >= 11 is 0. The summed E-state index contributed by atoms with van der Waals surface area (Å²) in [6.45, 7) is 0.0102. The van der Waals surface area contributed by atoms with Crippen molar-refractivity contribution < 1.29 is 22.3 Å². The SMILES string of the molecule is COc1ccc(CCCCN(c2ccc(C#N)c(NC(=O)c3ccnc4c(N)ncnc34)c2F)[SH](=O)=O)cc1. The molecule has 0 aliphatic rings. The minimum Gasteiger partial charge on any atom is -0.497 e. The van der Waals surface area contributed by atoms with Crippen LogP contribution >= 0.6 is 0 Å². The van der Waals surface area contributed by atoms with Crippen molar-refractivity contribution in [3.05, 3.63) is 77.5 Å². The zero-order chi connectivity index (χ0) is 27.9. The van der Waals surface area contributed by atoms with Crippen molar-refractivity contribution in [1.82, 2.24) is 15.0 Å². The number of nitrogens with one attached hydrogen (secondary N) is 1. The van der Waals surface area contributed by atoms with Crippen LogP contribution in [0, 0.1) is 17.1 Å². The van der Waals surface area contributed by atoms with E-state index in [1.807, 2.05) is 30.3 Å². The molecule has 3 N–H and O–H groups in total. The number of ether oxygens (including phenoxy) is 1. The monoisotopic (exact) mass is 549 g/mol. The van der Waals surface area contributed by atoms with Crippen LogP contribution in [0.4, 0.5) is 21.6 Å². The number of amides is 1. The van der Waals surface area contributed by atoms with Gasteiger partial charge in [-0.1, -0.05) is 12.1 Å². The van der Waals surface area contributed by atoms with Gasteiger partial charge in [0, 0.05) is 12.7 Å². The van der Waals surface area contributed by atoms with E-state index in [0.717, 1.165) is 21.9 Å². The number of nitriles is 1. The molecule has 0 saturated heterocycles. The number of carbonyl (C=O) groups excluding carboxylic acids is 1. The lowest BCUT2D eigenvalue weighted by Gasteiger charge is -2.20. The smallest absolute Gasteiger partial charge is 0.258 e. The number of nitrogens with zero attached hydrogens (tertiary/aromatic N) is 5. The Balaban J connectivity index is 1.55. The van der Waals surface area contributed by atoms with E-state index in [1.165, 1.54) is 24.4 Å². The average Bonchev–Trinajstić information content (AvgIpc) is 2.94. The van der Waals surface area contributed by atoms with Crippen LogP contribution in [0.15, 0.2) is 55.0 Å². The second kappa shape index (κ2) is 12.1. The van der Waals surface area contributed by atoms with Crippen molar-refractivity contribution in [2.24, 2.45) is 0 Å². The van der Waals surface area contributed by atoms with Crippen LogP contribution in [0.3, 0.4) is 0 Å². The van der Waals surface area contributed by atoms with E-state index in [1.54, 1.807) is 7.11 Å². The predicted molar refractivity (Wildman–Crippen MR) is 144 cm³/mol. The largest absolute Gasteiger partial charge is 0.497 e. The Morgan fingerprint density at radius 2 is 1.87 bits per heavy atom. The number of halogens is 1. The van der Waals surface area contributed by atoms with Crippen molar-refractivity contribution in [2.45, 2.75) is 19.3 Å². The number of rotatable bonds is 10.